The largest absolute Gasteiger partial charge is 0.497 e. The van der Waals surface area contributed by atoms with E-state index < -0.39 is 5.97 Å². The molecule has 5 nitrogen and oxygen atoms in total. The number of carbonyl (C=O) groups is 1. The van der Waals surface area contributed by atoms with Crippen LogP contribution in [0.5, 0.6) is 11.5 Å². The third kappa shape index (κ3) is 3.14. The minimum Gasteiger partial charge on any atom is -0.497 e. The van der Waals surface area contributed by atoms with Gasteiger partial charge in [0.25, 0.3) is 0 Å². The fourth-order valence-corrected chi connectivity index (χ4v) is 1.60. The van der Waals surface area contributed by atoms with E-state index in [1.807, 2.05) is 0 Å². The van der Waals surface area contributed by atoms with Gasteiger partial charge in [-0.25, -0.2) is 4.79 Å². The smallest absolute Gasteiger partial charge is 0.343 e. The summed E-state index contributed by atoms with van der Waals surface area (Å²) >= 11 is 0. The van der Waals surface area contributed by atoms with Gasteiger partial charge in [0.05, 0.1) is 12.7 Å². The summed E-state index contributed by atoms with van der Waals surface area (Å²) in [5.41, 5.74) is 6.36. The van der Waals surface area contributed by atoms with Gasteiger partial charge in [0.1, 0.15) is 17.3 Å². The number of hydrogen-bond donors (Lipinski definition) is 2. The van der Waals surface area contributed by atoms with E-state index in [-0.39, 0.29) is 5.84 Å². The molecule has 0 fully saturated rings. The molecule has 2 aromatic carbocycles. The number of nitrogens with one attached hydrogen (secondary N) is 1. The normalized spacial score (nSPS) is 9.85. The number of nitrogen functional groups attached to an aromatic ring is 1. The van der Waals surface area contributed by atoms with Crippen molar-refractivity contribution in [2.24, 2.45) is 5.73 Å². The molecule has 0 aliphatic heterocycles. The molecule has 0 aliphatic carbocycles. The number of methoxy groups -OCH3 is 1. The minimum absolute atomic E-state index is 0.0296. The van der Waals surface area contributed by atoms with Crippen LogP contribution in [0.3, 0.4) is 0 Å². The van der Waals surface area contributed by atoms with Crippen LogP contribution < -0.4 is 15.2 Å². The quantitative estimate of drug-likeness (QED) is 0.386. The van der Waals surface area contributed by atoms with Crippen LogP contribution >= 0.6 is 0 Å². The minimum atomic E-state index is -0.455. The van der Waals surface area contributed by atoms with Gasteiger partial charge in [-0.05, 0) is 48.5 Å². The van der Waals surface area contributed by atoms with Crippen LogP contribution in [0.2, 0.25) is 0 Å². The lowest BCUT2D eigenvalue weighted by Gasteiger charge is -2.06. The molecular formula is C15H14N2O3. The van der Waals surface area contributed by atoms with Crippen molar-refractivity contribution in [1.29, 1.82) is 5.41 Å². The number of benzene rings is 2. The van der Waals surface area contributed by atoms with Gasteiger partial charge in [-0.2, -0.15) is 0 Å². The van der Waals surface area contributed by atoms with Crippen LogP contribution in [-0.4, -0.2) is 18.9 Å². The zero-order chi connectivity index (χ0) is 14.5. The molecule has 102 valence electrons. The molecule has 3 N–H and O–H groups in total. The standard InChI is InChI=1S/C15H14N2O3/c1-19-12-6-4-11(5-7-12)15(18)20-13-8-2-10(3-9-13)14(16)17/h2-9H,1H3,(H3,16,17). The van der Waals surface area contributed by atoms with E-state index in [2.05, 4.69) is 0 Å². The Labute approximate surface area is 116 Å². The Morgan fingerprint density at radius 3 is 1.95 bits per heavy atom. The molecule has 0 bridgehead atoms. The highest BCUT2D eigenvalue weighted by Gasteiger charge is 2.08. The van der Waals surface area contributed by atoms with E-state index in [1.165, 1.54) is 0 Å². The van der Waals surface area contributed by atoms with Crippen molar-refractivity contribution in [3.63, 3.8) is 0 Å². The molecule has 0 amide bonds. The lowest BCUT2D eigenvalue weighted by molar-refractivity contribution is 0.0734. The third-order valence-electron chi connectivity index (χ3n) is 2.70. The molecular weight excluding hydrogens is 256 g/mol. The topological polar surface area (TPSA) is 85.4 Å². The second kappa shape index (κ2) is 5.88. The summed E-state index contributed by atoms with van der Waals surface area (Å²) < 4.78 is 10.2. The Morgan fingerprint density at radius 1 is 0.950 bits per heavy atom. The van der Waals surface area contributed by atoms with Gasteiger partial charge in [-0.1, -0.05) is 0 Å². The molecule has 2 aromatic rings. The average molecular weight is 270 g/mol. The van der Waals surface area contributed by atoms with E-state index in [0.717, 1.165) is 0 Å². The van der Waals surface area contributed by atoms with Gasteiger partial charge < -0.3 is 15.2 Å². The Kier molecular flexibility index (Phi) is 4.00. The van der Waals surface area contributed by atoms with Crippen molar-refractivity contribution in [2.75, 3.05) is 7.11 Å². The number of rotatable bonds is 4. The SMILES string of the molecule is COc1ccc(C(=O)Oc2ccc(C(=N)N)cc2)cc1. The van der Waals surface area contributed by atoms with E-state index in [4.69, 9.17) is 20.6 Å². The van der Waals surface area contributed by atoms with E-state index in [0.29, 0.717) is 22.6 Å². The highest BCUT2D eigenvalue weighted by atomic mass is 16.5. The van der Waals surface area contributed by atoms with Crippen molar-refractivity contribution in [1.82, 2.24) is 0 Å². The zero-order valence-corrected chi connectivity index (χ0v) is 10.9. The second-order valence-corrected chi connectivity index (χ2v) is 4.06. The Morgan fingerprint density at radius 2 is 1.45 bits per heavy atom. The maximum atomic E-state index is 11.9. The van der Waals surface area contributed by atoms with Crippen molar-refractivity contribution in [2.45, 2.75) is 0 Å². The van der Waals surface area contributed by atoms with Crippen LogP contribution in [0.15, 0.2) is 48.5 Å². The molecule has 0 saturated heterocycles. The fourth-order valence-electron chi connectivity index (χ4n) is 1.60. The molecule has 20 heavy (non-hydrogen) atoms. The van der Waals surface area contributed by atoms with Crippen molar-refractivity contribution < 1.29 is 14.3 Å². The highest BCUT2D eigenvalue weighted by molar-refractivity contribution is 5.95. The summed E-state index contributed by atoms with van der Waals surface area (Å²) in [5.74, 6) is 0.587. The number of ether oxygens (including phenoxy) is 2. The van der Waals surface area contributed by atoms with Crippen LogP contribution in [0.4, 0.5) is 0 Å². The number of nitrogens with two attached hydrogens (primary N) is 1. The molecule has 0 heterocycles. The van der Waals surface area contributed by atoms with Crippen LogP contribution in [0.25, 0.3) is 0 Å². The van der Waals surface area contributed by atoms with Crippen molar-refractivity contribution in [3.8, 4) is 11.5 Å². The molecule has 5 heteroatoms. The number of esters is 1. The summed E-state index contributed by atoms with van der Waals surface area (Å²) in [5, 5.41) is 7.28. The maximum absolute atomic E-state index is 11.9. The first kappa shape index (κ1) is 13.6. The maximum Gasteiger partial charge on any atom is 0.343 e. The molecule has 0 atom stereocenters. The van der Waals surface area contributed by atoms with Gasteiger partial charge in [0.2, 0.25) is 0 Å². The zero-order valence-electron chi connectivity index (χ0n) is 10.9. The first-order valence-electron chi connectivity index (χ1n) is 5.91. The van der Waals surface area contributed by atoms with Gasteiger partial charge in [-0.15, -0.1) is 0 Å². The molecule has 0 saturated carbocycles. The lowest BCUT2D eigenvalue weighted by Crippen LogP contribution is -2.11. The van der Waals surface area contributed by atoms with Gasteiger partial charge in [0.15, 0.2) is 0 Å². The summed E-state index contributed by atoms with van der Waals surface area (Å²) in [4.78, 5) is 11.9. The molecule has 0 aromatic heterocycles. The Hall–Kier alpha value is -2.82. The molecule has 0 spiro atoms. The third-order valence-corrected chi connectivity index (χ3v) is 2.70. The first-order valence-corrected chi connectivity index (χ1v) is 5.91. The van der Waals surface area contributed by atoms with Crippen molar-refractivity contribution in [3.05, 3.63) is 59.7 Å². The van der Waals surface area contributed by atoms with Gasteiger partial charge in [-0.3, -0.25) is 5.41 Å². The Balaban J connectivity index is 2.08. The monoisotopic (exact) mass is 270 g/mol. The lowest BCUT2D eigenvalue weighted by atomic mass is 10.2. The predicted octanol–water partition coefficient (Wildman–Crippen LogP) is 2.20. The van der Waals surface area contributed by atoms with Gasteiger partial charge in [0, 0.05) is 5.56 Å². The number of carbonyl (C=O) groups excluding carboxylic acids is 1. The molecule has 0 unspecified atom stereocenters. The fraction of sp³-hybridized carbons (Fsp3) is 0.0667. The summed E-state index contributed by atoms with van der Waals surface area (Å²) in [6, 6.07) is 13.1. The number of amidine groups is 1. The highest BCUT2D eigenvalue weighted by Crippen LogP contribution is 2.16. The van der Waals surface area contributed by atoms with Crippen LogP contribution in [0, 0.1) is 5.41 Å². The summed E-state index contributed by atoms with van der Waals surface area (Å²) in [6.45, 7) is 0. The second-order valence-electron chi connectivity index (χ2n) is 4.06. The average Bonchev–Trinajstić information content (AvgIpc) is 2.48. The Bertz CT molecular complexity index is 619. The van der Waals surface area contributed by atoms with Crippen molar-refractivity contribution >= 4 is 11.8 Å². The van der Waals surface area contributed by atoms with Gasteiger partial charge >= 0.3 is 5.97 Å². The van der Waals surface area contributed by atoms with Crippen LogP contribution in [-0.2, 0) is 0 Å². The predicted molar refractivity (Wildman–Crippen MR) is 75.4 cm³/mol. The summed E-state index contributed by atoms with van der Waals surface area (Å²) in [6.07, 6.45) is 0. The van der Waals surface area contributed by atoms with E-state index >= 15 is 0 Å². The molecule has 0 aliphatic rings. The molecule has 2 rings (SSSR count). The van der Waals surface area contributed by atoms with E-state index in [1.54, 1.807) is 55.6 Å². The summed E-state index contributed by atoms with van der Waals surface area (Å²) in [7, 11) is 1.56. The number of hydrogen-bond acceptors (Lipinski definition) is 4. The van der Waals surface area contributed by atoms with E-state index in [9.17, 15) is 4.79 Å². The first-order chi connectivity index (χ1) is 9.60. The molecule has 0 radical (unpaired) electrons. The van der Waals surface area contributed by atoms with Crippen LogP contribution in [0.1, 0.15) is 15.9 Å².